The predicted octanol–water partition coefficient (Wildman–Crippen LogP) is 3.66. The van der Waals surface area contributed by atoms with E-state index in [0.29, 0.717) is 0 Å². The van der Waals surface area contributed by atoms with Gasteiger partial charge in [-0.1, -0.05) is 62.4 Å². The van der Waals surface area contributed by atoms with Gasteiger partial charge in [-0.05, 0) is 17.5 Å². The number of para-hydroxylation sites is 1. The Bertz CT molecular complexity index is 577. The van der Waals surface area contributed by atoms with E-state index in [2.05, 4.69) is 0 Å². The summed E-state index contributed by atoms with van der Waals surface area (Å²) in [7, 11) is 0. The maximum Gasteiger partial charge on any atom is 0.157 e. The smallest absolute Gasteiger partial charge is 0.157 e. The van der Waals surface area contributed by atoms with Crippen LogP contribution in [0.3, 0.4) is 0 Å². The first kappa shape index (κ1) is 12.2. The third kappa shape index (κ3) is 1.75. The molecule has 98 valence electrons. The lowest BCUT2D eigenvalue weighted by Gasteiger charge is -2.33. The Morgan fingerprint density at radius 2 is 1.63 bits per heavy atom. The molecule has 0 spiro atoms. The van der Waals surface area contributed by atoms with Crippen LogP contribution in [-0.2, 0) is 5.60 Å². The van der Waals surface area contributed by atoms with Crippen molar-refractivity contribution in [1.82, 2.24) is 0 Å². The van der Waals surface area contributed by atoms with Gasteiger partial charge in [-0.25, -0.2) is 0 Å². The summed E-state index contributed by atoms with van der Waals surface area (Å²) < 4.78 is 6.02. The minimum Gasteiger partial charge on any atom is -0.482 e. The SMILES string of the molecule is CC(C)[C@]1(O)c2ccccc2O[C@H]1c1ccccc1. The molecular weight excluding hydrogens is 236 g/mol. The molecule has 0 saturated carbocycles. The fourth-order valence-corrected chi connectivity index (χ4v) is 2.82. The Kier molecular flexibility index (Phi) is 2.83. The van der Waals surface area contributed by atoms with Crippen LogP contribution >= 0.6 is 0 Å². The minimum atomic E-state index is -0.974. The number of hydrogen-bond donors (Lipinski definition) is 1. The van der Waals surface area contributed by atoms with Gasteiger partial charge in [-0.3, -0.25) is 0 Å². The highest BCUT2D eigenvalue weighted by atomic mass is 16.5. The summed E-state index contributed by atoms with van der Waals surface area (Å²) >= 11 is 0. The van der Waals surface area contributed by atoms with Gasteiger partial charge in [-0.2, -0.15) is 0 Å². The summed E-state index contributed by atoms with van der Waals surface area (Å²) in [6, 6.07) is 17.7. The summed E-state index contributed by atoms with van der Waals surface area (Å²) in [6.07, 6.45) is -0.342. The first-order valence-electron chi connectivity index (χ1n) is 6.67. The second kappa shape index (κ2) is 4.39. The van der Waals surface area contributed by atoms with E-state index in [1.165, 1.54) is 0 Å². The summed E-state index contributed by atoms with van der Waals surface area (Å²) in [5.74, 6) is 0.855. The van der Waals surface area contributed by atoms with E-state index in [9.17, 15) is 5.11 Å². The molecule has 2 nitrogen and oxygen atoms in total. The van der Waals surface area contributed by atoms with Gasteiger partial charge in [0.1, 0.15) is 11.4 Å². The topological polar surface area (TPSA) is 29.5 Å². The van der Waals surface area contributed by atoms with Crippen molar-refractivity contribution in [1.29, 1.82) is 0 Å². The molecule has 1 N–H and O–H groups in total. The van der Waals surface area contributed by atoms with Crippen LogP contribution in [-0.4, -0.2) is 5.11 Å². The zero-order valence-corrected chi connectivity index (χ0v) is 11.2. The highest BCUT2D eigenvalue weighted by molar-refractivity contribution is 5.45. The standard InChI is InChI=1S/C17H18O2/c1-12(2)17(18)14-10-6-7-11-15(14)19-16(17)13-8-4-3-5-9-13/h3-12,16,18H,1-2H3/t16-,17-/m0/s1. The fraction of sp³-hybridized carbons (Fsp3) is 0.294. The van der Waals surface area contributed by atoms with E-state index in [1.54, 1.807) is 0 Å². The normalized spacial score (nSPS) is 25.2. The van der Waals surface area contributed by atoms with E-state index in [1.807, 2.05) is 68.4 Å². The lowest BCUT2D eigenvalue weighted by molar-refractivity contribution is -0.0777. The van der Waals surface area contributed by atoms with Crippen molar-refractivity contribution in [2.45, 2.75) is 25.6 Å². The van der Waals surface area contributed by atoms with E-state index < -0.39 is 5.60 Å². The molecule has 0 radical (unpaired) electrons. The van der Waals surface area contributed by atoms with Crippen molar-refractivity contribution in [2.75, 3.05) is 0 Å². The first-order valence-corrected chi connectivity index (χ1v) is 6.67. The molecule has 2 heteroatoms. The van der Waals surface area contributed by atoms with E-state index >= 15 is 0 Å². The summed E-state index contributed by atoms with van der Waals surface area (Å²) in [5, 5.41) is 11.2. The van der Waals surface area contributed by atoms with Crippen LogP contribution in [0.5, 0.6) is 5.75 Å². The molecular formula is C17H18O2. The number of hydrogen-bond acceptors (Lipinski definition) is 2. The molecule has 0 amide bonds. The lowest BCUT2D eigenvalue weighted by atomic mass is 9.78. The summed E-state index contributed by atoms with van der Waals surface area (Å²) in [4.78, 5) is 0. The van der Waals surface area contributed by atoms with Crippen LogP contribution in [0.25, 0.3) is 0 Å². The molecule has 0 unspecified atom stereocenters. The molecule has 1 aliphatic heterocycles. The van der Waals surface area contributed by atoms with E-state index in [4.69, 9.17) is 4.74 Å². The molecule has 2 atom stereocenters. The third-order valence-electron chi connectivity index (χ3n) is 3.95. The van der Waals surface area contributed by atoms with Gasteiger partial charge in [0.2, 0.25) is 0 Å². The molecule has 0 aromatic heterocycles. The molecule has 0 fully saturated rings. The van der Waals surface area contributed by atoms with Crippen molar-refractivity contribution in [3.05, 3.63) is 65.7 Å². The molecule has 1 heterocycles. The predicted molar refractivity (Wildman–Crippen MR) is 75.0 cm³/mol. The summed E-state index contributed by atoms with van der Waals surface area (Å²) in [6.45, 7) is 4.06. The van der Waals surface area contributed by atoms with Crippen LogP contribution in [0.4, 0.5) is 0 Å². The number of aliphatic hydroxyl groups is 1. The molecule has 0 bridgehead atoms. The molecule has 2 aromatic rings. The van der Waals surface area contributed by atoms with Crippen molar-refractivity contribution in [3.8, 4) is 5.75 Å². The van der Waals surface area contributed by atoms with Crippen LogP contribution in [0.1, 0.15) is 31.1 Å². The Morgan fingerprint density at radius 1 is 1.00 bits per heavy atom. The molecule has 19 heavy (non-hydrogen) atoms. The molecule has 0 saturated heterocycles. The fourth-order valence-electron chi connectivity index (χ4n) is 2.82. The molecule has 3 rings (SSSR count). The van der Waals surface area contributed by atoms with Crippen LogP contribution in [0.2, 0.25) is 0 Å². The van der Waals surface area contributed by atoms with E-state index in [-0.39, 0.29) is 12.0 Å². The van der Waals surface area contributed by atoms with Crippen LogP contribution in [0, 0.1) is 5.92 Å². The Morgan fingerprint density at radius 3 is 2.32 bits per heavy atom. The van der Waals surface area contributed by atoms with Gasteiger partial charge in [0.15, 0.2) is 6.10 Å². The Hall–Kier alpha value is -1.80. The summed E-state index contributed by atoms with van der Waals surface area (Å²) in [5.41, 5.74) is 0.923. The zero-order valence-electron chi connectivity index (χ0n) is 11.2. The van der Waals surface area contributed by atoms with Crippen molar-refractivity contribution < 1.29 is 9.84 Å². The second-order valence-electron chi connectivity index (χ2n) is 5.38. The first-order chi connectivity index (χ1) is 9.14. The Labute approximate surface area is 113 Å². The van der Waals surface area contributed by atoms with E-state index in [0.717, 1.165) is 16.9 Å². The molecule has 1 aliphatic rings. The van der Waals surface area contributed by atoms with Crippen LogP contribution in [0.15, 0.2) is 54.6 Å². The minimum absolute atomic E-state index is 0.0707. The highest BCUT2D eigenvalue weighted by Gasteiger charge is 2.50. The highest BCUT2D eigenvalue weighted by Crippen LogP contribution is 2.52. The third-order valence-corrected chi connectivity index (χ3v) is 3.95. The Balaban J connectivity index is 2.14. The maximum atomic E-state index is 11.2. The average Bonchev–Trinajstić information content (AvgIpc) is 2.75. The molecule has 0 aliphatic carbocycles. The van der Waals surface area contributed by atoms with Crippen molar-refractivity contribution in [3.63, 3.8) is 0 Å². The molecule has 2 aromatic carbocycles. The number of benzene rings is 2. The van der Waals surface area contributed by atoms with Gasteiger partial charge < -0.3 is 9.84 Å². The maximum absolute atomic E-state index is 11.2. The zero-order chi connectivity index (χ0) is 13.5. The van der Waals surface area contributed by atoms with Gasteiger partial charge in [-0.15, -0.1) is 0 Å². The quantitative estimate of drug-likeness (QED) is 0.886. The average molecular weight is 254 g/mol. The second-order valence-corrected chi connectivity index (χ2v) is 5.38. The number of rotatable bonds is 2. The van der Waals surface area contributed by atoms with Gasteiger partial charge in [0, 0.05) is 5.56 Å². The van der Waals surface area contributed by atoms with Gasteiger partial charge in [0.05, 0.1) is 0 Å². The number of ether oxygens (including phenoxy) is 1. The van der Waals surface area contributed by atoms with Crippen LogP contribution < -0.4 is 4.74 Å². The van der Waals surface area contributed by atoms with Crippen molar-refractivity contribution in [2.24, 2.45) is 5.92 Å². The monoisotopic (exact) mass is 254 g/mol. The van der Waals surface area contributed by atoms with Gasteiger partial charge in [0.25, 0.3) is 0 Å². The number of fused-ring (bicyclic) bond motifs is 1. The van der Waals surface area contributed by atoms with Crippen molar-refractivity contribution >= 4 is 0 Å². The largest absolute Gasteiger partial charge is 0.482 e. The lowest BCUT2D eigenvalue weighted by Crippen LogP contribution is -2.36. The van der Waals surface area contributed by atoms with Gasteiger partial charge >= 0.3 is 0 Å².